The van der Waals surface area contributed by atoms with Crippen molar-refractivity contribution in [3.63, 3.8) is 0 Å². The molecule has 5 rings (SSSR count). The van der Waals surface area contributed by atoms with Crippen LogP contribution in [0.2, 0.25) is 0 Å². The molecule has 0 spiro atoms. The highest BCUT2D eigenvalue weighted by molar-refractivity contribution is 6.31. The molecule has 2 amide bonds. The molecular formula is C28H30N4O12. The Morgan fingerprint density at radius 2 is 1.84 bits per heavy atom. The average Bonchev–Trinajstić information content (AvgIpc) is 2.97. The number of methoxy groups -OCH3 is 1. The normalized spacial score (nSPS) is 27.5. The Hall–Kier alpha value is -4.48. The van der Waals surface area contributed by atoms with Crippen molar-refractivity contribution >= 4 is 23.4 Å². The number of phenols is 2. The molecule has 1 aliphatic heterocycles. The first-order valence-electron chi connectivity index (χ1n) is 13.5. The molecule has 1 fully saturated rings. The smallest absolute Gasteiger partial charge is 0.353 e. The standard InChI is InChI=1S/C28H30N4O12/c1-10-22(34)14(30-32(31-41)27(29)39)7-17(43-10)44-16-9-28(40,11(2)33)8-13-19(16)26(38)21-20(24(13)36)23(35)12-5-4-6-15(42-3)18(12)25(21)37/h4-6,10,14,16-17,22,30,34,36,38,40H,7-9H2,1-3H3,(H2,29,39)/t10?,14?,16-,17?,22?,28-/m0/s1. The van der Waals surface area contributed by atoms with Gasteiger partial charge in [-0.2, -0.15) is 5.43 Å². The number of ether oxygens (including phenoxy) is 3. The quantitative estimate of drug-likeness (QED) is 0.122. The van der Waals surface area contributed by atoms with Gasteiger partial charge in [0.05, 0.1) is 53.4 Å². The fraction of sp³-hybridized carbons (Fsp3) is 0.429. The summed E-state index contributed by atoms with van der Waals surface area (Å²) in [5.74, 6) is -3.65. The zero-order valence-corrected chi connectivity index (χ0v) is 23.8. The van der Waals surface area contributed by atoms with Crippen LogP contribution in [0.15, 0.2) is 23.5 Å². The number of hydrogen-bond acceptors (Lipinski definition) is 14. The number of primary amides is 1. The van der Waals surface area contributed by atoms with E-state index < -0.39 is 95.1 Å². The van der Waals surface area contributed by atoms with Gasteiger partial charge in [0, 0.05) is 36.0 Å². The first-order valence-corrected chi connectivity index (χ1v) is 13.5. The van der Waals surface area contributed by atoms with E-state index in [4.69, 9.17) is 19.9 Å². The lowest BCUT2D eigenvalue weighted by Crippen LogP contribution is -2.59. The Morgan fingerprint density at radius 1 is 1.16 bits per heavy atom. The van der Waals surface area contributed by atoms with Crippen LogP contribution in [0.4, 0.5) is 4.79 Å². The Bertz CT molecular complexity index is 1590. The fourth-order valence-corrected chi connectivity index (χ4v) is 6.04. The maximum Gasteiger partial charge on any atom is 0.353 e. The lowest BCUT2D eigenvalue weighted by molar-refractivity contribution is -0.252. The third kappa shape index (κ3) is 4.86. The van der Waals surface area contributed by atoms with Crippen molar-refractivity contribution < 1.29 is 53.8 Å². The van der Waals surface area contributed by atoms with Crippen molar-refractivity contribution in [1.29, 1.82) is 0 Å². The van der Waals surface area contributed by atoms with E-state index in [0.717, 1.165) is 6.92 Å². The molecule has 7 N–H and O–H groups in total. The van der Waals surface area contributed by atoms with Gasteiger partial charge in [-0.25, -0.2) is 4.79 Å². The van der Waals surface area contributed by atoms with E-state index in [0.29, 0.717) is 0 Å². The molecule has 0 aromatic heterocycles. The number of phenolic OH excluding ortho intramolecular Hbond substituents is 2. The van der Waals surface area contributed by atoms with Gasteiger partial charge in [-0.05, 0) is 19.9 Å². The highest BCUT2D eigenvalue weighted by atomic mass is 16.7. The van der Waals surface area contributed by atoms with E-state index in [1.54, 1.807) is 0 Å². The third-order valence-corrected chi connectivity index (χ3v) is 8.33. The number of nitrogens with one attached hydrogen (secondary N) is 1. The van der Waals surface area contributed by atoms with Crippen molar-refractivity contribution in [3.8, 4) is 17.2 Å². The molecule has 16 heteroatoms. The number of Topliss-reactive ketones (excluding diaryl/α,β-unsaturated/α-hetero) is 1. The molecule has 2 aromatic rings. The van der Waals surface area contributed by atoms with Gasteiger partial charge in [0.15, 0.2) is 17.9 Å². The van der Waals surface area contributed by atoms with Crippen LogP contribution in [0, 0.1) is 4.91 Å². The highest BCUT2D eigenvalue weighted by Gasteiger charge is 2.49. The maximum atomic E-state index is 13.7. The number of nitroso groups, excluding NO2 is 1. The average molecular weight is 615 g/mol. The number of hydrazine groups is 1. The Balaban J connectivity index is 1.60. The van der Waals surface area contributed by atoms with Crippen molar-refractivity contribution in [2.24, 2.45) is 11.0 Å². The molecule has 16 nitrogen and oxygen atoms in total. The van der Waals surface area contributed by atoms with E-state index in [1.165, 1.54) is 32.2 Å². The Morgan fingerprint density at radius 3 is 2.45 bits per heavy atom. The highest BCUT2D eigenvalue weighted by Crippen LogP contribution is 2.52. The number of aromatic hydroxyl groups is 2. The molecule has 6 atom stereocenters. The van der Waals surface area contributed by atoms with Crippen molar-refractivity contribution in [2.45, 2.75) is 69.4 Å². The van der Waals surface area contributed by atoms with Gasteiger partial charge in [-0.1, -0.05) is 12.1 Å². The number of nitrogens with zero attached hydrogens (tertiary/aromatic N) is 2. The summed E-state index contributed by atoms with van der Waals surface area (Å²) in [4.78, 5) is 62.5. The summed E-state index contributed by atoms with van der Waals surface area (Å²) in [5.41, 5.74) is 3.82. The molecule has 2 aromatic carbocycles. The Labute approximate surface area is 249 Å². The lowest BCUT2D eigenvalue weighted by Gasteiger charge is -2.43. The van der Waals surface area contributed by atoms with Crippen LogP contribution >= 0.6 is 0 Å². The lowest BCUT2D eigenvalue weighted by atomic mass is 9.72. The van der Waals surface area contributed by atoms with Crippen LogP contribution in [0.25, 0.3) is 0 Å². The second kappa shape index (κ2) is 11.2. The van der Waals surface area contributed by atoms with E-state index >= 15 is 0 Å². The molecule has 2 aliphatic carbocycles. The van der Waals surface area contributed by atoms with Crippen molar-refractivity contribution in [3.05, 3.63) is 56.5 Å². The van der Waals surface area contributed by atoms with Crippen LogP contribution in [-0.2, 0) is 20.7 Å². The van der Waals surface area contributed by atoms with Crippen LogP contribution in [0.1, 0.15) is 75.8 Å². The minimum absolute atomic E-state index is 0.0679. The van der Waals surface area contributed by atoms with Crippen LogP contribution in [0.5, 0.6) is 17.2 Å². The monoisotopic (exact) mass is 614 g/mol. The number of rotatable bonds is 7. The molecular weight excluding hydrogens is 584 g/mol. The number of hydrogen-bond donors (Lipinski definition) is 6. The number of carbonyl (C=O) groups excluding carboxylic acids is 4. The van der Waals surface area contributed by atoms with Gasteiger partial charge in [-0.3, -0.25) is 14.4 Å². The largest absolute Gasteiger partial charge is 0.507 e. The van der Waals surface area contributed by atoms with Crippen LogP contribution < -0.4 is 15.9 Å². The molecule has 1 saturated heterocycles. The predicted molar refractivity (Wildman–Crippen MR) is 147 cm³/mol. The predicted octanol–water partition coefficient (Wildman–Crippen LogP) is 0.637. The SMILES string of the molecule is COc1cccc2c1C(=O)c1c(O)c3c(c(O)c1C2=O)C[C@@](O)(C(C)=O)C[C@@H]3OC1CC(NN(N=O)C(N)=O)C(O)C(C)O1. The number of nitrogens with two attached hydrogens (primary N) is 1. The summed E-state index contributed by atoms with van der Waals surface area (Å²) in [6, 6.07) is 1.99. The van der Waals surface area contributed by atoms with Gasteiger partial charge < -0.3 is 40.4 Å². The summed E-state index contributed by atoms with van der Waals surface area (Å²) in [6.07, 6.45) is -6.13. The number of amides is 2. The summed E-state index contributed by atoms with van der Waals surface area (Å²) in [6.45, 7) is 2.59. The van der Waals surface area contributed by atoms with Crippen LogP contribution in [-0.4, -0.2) is 86.2 Å². The zero-order chi connectivity index (χ0) is 32.2. The van der Waals surface area contributed by atoms with Gasteiger partial charge in [0.25, 0.3) is 0 Å². The molecule has 0 radical (unpaired) electrons. The molecule has 0 saturated carbocycles. The fourth-order valence-electron chi connectivity index (χ4n) is 6.04. The second-order valence-electron chi connectivity index (χ2n) is 10.9. The van der Waals surface area contributed by atoms with Gasteiger partial charge in [0.1, 0.15) is 22.8 Å². The number of fused-ring (bicyclic) bond motifs is 3. The topological polar surface area (TPSA) is 248 Å². The third-order valence-electron chi connectivity index (χ3n) is 8.33. The second-order valence-corrected chi connectivity index (χ2v) is 10.9. The van der Waals surface area contributed by atoms with E-state index in [2.05, 4.69) is 10.7 Å². The summed E-state index contributed by atoms with van der Waals surface area (Å²) in [5, 5.41) is 47.6. The molecule has 0 bridgehead atoms. The number of carbonyl (C=O) groups is 4. The maximum absolute atomic E-state index is 13.7. The van der Waals surface area contributed by atoms with Gasteiger partial charge >= 0.3 is 6.03 Å². The molecule has 234 valence electrons. The number of ketones is 3. The summed E-state index contributed by atoms with van der Waals surface area (Å²) >= 11 is 0. The number of aliphatic hydroxyl groups is 2. The number of benzene rings is 2. The molecule has 1 heterocycles. The first kappa shape index (κ1) is 31.0. The minimum Gasteiger partial charge on any atom is -0.507 e. The van der Waals surface area contributed by atoms with Crippen LogP contribution in [0.3, 0.4) is 0 Å². The van der Waals surface area contributed by atoms with Gasteiger partial charge in [-0.15, -0.1) is 10.0 Å². The Kier molecular flexibility index (Phi) is 7.89. The van der Waals surface area contributed by atoms with Gasteiger partial charge in [0.2, 0.25) is 5.78 Å². The van der Waals surface area contributed by atoms with E-state index in [1.807, 2.05) is 0 Å². The van der Waals surface area contributed by atoms with Crippen molar-refractivity contribution in [2.75, 3.05) is 7.11 Å². The molecule has 4 unspecified atom stereocenters. The summed E-state index contributed by atoms with van der Waals surface area (Å²) < 4.78 is 17.1. The van der Waals surface area contributed by atoms with E-state index in [-0.39, 0.29) is 39.5 Å². The molecule has 3 aliphatic rings. The minimum atomic E-state index is -2.12. The number of aliphatic hydroxyl groups excluding tert-OH is 1. The van der Waals surface area contributed by atoms with Crippen molar-refractivity contribution in [1.82, 2.24) is 10.5 Å². The molecule has 44 heavy (non-hydrogen) atoms. The first-order chi connectivity index (χ1) is 20.7. The van der Waals surface area contributed by atoms with E-state index in [9.17, 15) is 44.5 Å². The summed E-state index contributed by atoms with van der Waals surface area (Å²) in [7, 11) is 1.30. The number of urea groups is 1. The zero-order valence-electron chi connectivity index (χ0n) is 23.8.